The highest BCUT2D eigenvalue weighted by Crippen LogP contribution is 2.28. The molecule has 1 atom stereocenters. The molecule has 1 N–H and O–H groups in total. The van der Waals surface area contributed by atoms with E-state index in [1.165, 1.54) is 5.56 Å². The molecule has 4 rings (SSSR count). The number of methoxy groups -OCH3 is 1. The predicted octanol–water partition coefficient (Wildman–Crippen LogP) is 3.60. The van der Waals surface area contributed by atoms with Crippen molar-refractivity contribution in [2.75, 3.05) is 42.9 Å². The van der Waals surface area contributed by atoms with E-state index in [2.05, 4.69) is 36.6 Å². The fourth-order valence-corrected chi connectivity index (χ4v) is 4.75. The van der Waals surface area contributed by atoms with Crippen molar-refractivity contribution in [3.63, 3.8) is 0 Å². The summed E-state index contributed by atoms with van der Waals surface area (Å²) in [4.78, 5) is 13.7. The average molecular weight is 458 g/mol. The van der Waals surface area contributed by atoms with Crippen molar-refractivity contribution in [2.24, 2.45) is 0 Å². The van der Waals surface area contributed by atoms with Gasteiger partial charge in [-0.15, -0.1) is 0 Å². The van der Waals surface area contributed by atoms with Crippen LogP contribution in [0.3, 0.4) is 0 Å². The van der Waals surface area contributed by atoms with E-state index in [1.54, 1.807) is 37.7 Å². The molecule has 1 saturated heterocycles. The Bertz CT molecular complexity index is 985. The van der Waals surface area contributed by atoms with E-state index in [4.69, 9.17) is 16.3 Å². The highest BCUT2D eigenvalue weighted by molar-refractivity contribution is 7.92. The predicted molar refractivity (Wildman–Crippen MR) is 124 cm³/mol. The Balaban J connectivity index is 1.31. The number of ether oxygens (including phenoxy) is 1. The molecule has 0 saturated carbocycles. The summed E-state index contributed by atoms with van der Waals surface area (Å²) in [5.74, 6) is 1.47. The van der Waals surface area contributed by atoms with Crippen LogP contribution in [-0.2, 0) is 17.9 Å². The number of nitrogens with one attached hydrogen (secondary N) is 1. The summed E-state index contributed by atoms with van der Waals surface area (Å²) in [5.41, 5.74) is 1.99. The molecular formula is C22H24ClN5O2S. The van der Waals surface area contributed by atoms with Crippen molar-refractivity contribution >= 4 is 34.5 Å². The van der Waals surface area contributed by atoms with Crippen LogP contribution in [0.1, 0.15) is 5.56 Å². The zero-order chi connectivity index (χ0) is 21.6. The van der Waals surface area contributed by atoms with Gasteiger partial charge in [-0.1, -0.05) is 23.7 Å². The van der Waals surface area contributed by atoms with Gasteiger partial charge in [-0.3, -0.25) is 9.88 Å². The molecular weight excluding hydrogens is 434 g/mol. The van der Waals surface area contributed by atoms with Crippen molar-refractivity contribution < 1.29 is 9.29 Å². The van der Waals surface area contributed by atoms with Gasteiger partial charge in [0.25, 0.3) is 0 Å². The van der Waals surface area contributed by atoms with Crippen molar-refractivity contribution in [3.8, 4) is 5.75 Å². The molecule has 0 amide bonds. The van der Waals surface area contributed by atoms with Gasteiger partial charge in [0.05, 0.1) is 19.0 Å². The molecule has 1 fully saturated rings. The molecule has 0 aliphatic carbocycles. The lowest BCUT2D eigenvalue weighted by molar-refractivity contribution is 0.249. The highest BCUT2D eigenvalue weighted by Gasteiger charge is 2.20. The Morgan fingerprint density at radius 2 is 1.87 bits per heavy atom. The van der Waals surface area contributed by atoms with Gasteiger partial charge >= 0.3 is 0 Å². The minimum Gasteiger partial charge on any atom is -0.588 e. The Morgan fingerprint density at radius 1 is 1.10 bits per heavy atom. The molecule has 7 nitrogen and oxygen atoms in total. The minimum atomic E-state index is -1.48. The van der Waals surface area contributed by atoms with Crippen molar-refractivity contribution in [1.82, 2.24) is 14.9 Å². The van der Waals surface area contributed by atoms with Crippen LogP contribution < -0.4 is 14.4 Å². The van der Waals surface area contributed by atoms with Gasteiger partial charge in [-0.25, -0.2) is 9.71 Å². The van der Waals surface area contributed by atoms with Crippen LogP contribution in [0.2, 0.25) is 5.02 Å². The molecule has 2 heterocycles. The van der Waals surface area contributed by atoms with Crippen LogP contribution in [0, 0.1) is 0 Å². The molecule has 9 heteroatoms. The zero-order valence-corrected chi connectivity index (χ0v) is 18.8. The first-order chi connectivity index (χ1) is 15.1. The van der Waals surface area contributed by atoms with E-state index in [0.717, 1.165) is 44.2 Å². The van der Waals surface area contributed by atoms with Crippen molar-refractivity contribution in [2.45, 2.75) is 11.4 Å². The van der Waals surface area contributed by atoms with Gasteiger partial charge in [0.1, 0.15) is 17.2 Å². The number of rotatable bonds is 7. The molecule has 0 bridgehead atoms. The second-order valence-corrected chi connectivity index (χ2v) is 8.81. The fourth-order valence-electron chi connectivity index (χ4n) is 3.48. The standard InChI is InChI=1S/C22H24ClN5O2S/c1-30-20-7-4-18(23)14-21(20)31(29)26-19-5-2-17(3-6-19)16-27-10-12-28(13-11-27)22-15-24-8-9-25-22/h2-9,14-15,26H,10-13,16H2,1H3. The van der Waals surface area contributed by atoms with Crippen molar-refractivity contribution in [1.29, 1.82) is 0 Å². The zero-order valence-electron chi connectivity index (χ0n) is 17.2. The van der Waals surface area contributed by atoms with Crippen LogP contribution in [0.25, 0.3) is 0 Å². The average Bonchev–Trinajstić information content (AvgIpc) is 2.81. The molecule has 3 aromatic rings. The van der Waals surface area contributed by atoms with Crippen LogP contribution in [0.15, 0.2) is 66.0 Å². The summed E-state index contributed by atoms with van der Waals surface area (Å²) in [7, 11) is 1.55. The number of aromatic nitrogens is 2. The molecule has 31 heavy (non-hydrogen) atoms. The first-order valence-corrected chi connectivity index (χ1v) is 11.5. The van der Waals surface area contributed by atoms with Gasteiger partial charge in [0, 0.05) is 56.2 Å². The maximum atomic E-state index is 12.7. The van der Waals surface area contributed by atoms with Crippen molar-refractivity contribution in [3.05, 3.63) is 71.6 Å². The van der Waals surface area contributed by atoms with Gasteiger partial charge in [0.2, 0.25) is 4.90 Å². The molecule has 0 radical (unpaired) electrons. The third kappa shape index (κ3) is 5.59. The first-order valence-electron chi connectivity index (χ1n) is 9.96. The number of benzene rings is 2. The first kappa shape index (κ1) is 21.7. The van der Waals surface area contributed by atoms with Gasteiger partial charge < -0.3 is 14.2 Å². The number of halogens is 1. The lowest BCUT2D eigenvalue weighted by Crippen LogP contribution is -2.46. The maximum absolute atomic E-state index is 12.7. The molecule has 1 aliphatic rings. The molecule has 162 valence electrons. The lowest BCUT2D eigenvalue weighted by atomic mass is 10.2. The van der Waals surface area contributed by atoms with Crippen LogP contribution in [0.5, 0.6) is 5.75 Å². The molecule has 1 unspecified atom stereocenters. The number of anilines is 2. The third-order valence-electron chi connectivity index (χ3n) is 5.14. The monoisotopic (exact) mass is 457 g/mol. The molecule has 1 aliphatic heterocycles. The lowest BCUT2D eigenvalue weighted by Gasteiger charge is -2.35. The molecule has 2 aromatic carbocycles. The minimum absolute atomic E-state index is 0.514. The van der Waals surface area contributed by atoms with E-state index in [9.17, 15) is 4.55 Å². The molecule has 1 aromatic heterocycles. The summed E-state index contributed by atoms with van der Waals surface area (Å²) in [5, 5.41) is 0.515. The van der Waals surface area contributed by atoms with E-state index >= 15 is 0 Å². The van der Waals surface area contributed by atoms with Gasteiger partial charge in [-0.05, 0) is 29.8 Å². The van der Waals surface area contributed by atoms with Gasteiger partial charge in [-0.2, -0.15) is 0 Å². The SMILES string of the molecule is COc1ccc(Cl)cc1[S+]([O-])Nc1ccc(CN2CCN(c3cnccn3)CC2)cc1. The van der Waals surface area contributed by atoms with E-state index in [0.29, 0.717) is 15.7 Å². The van der Waals surface area contributed by atoms with Crippen LogP contribution >= 0.6 is 11.6 Å². The maximum Gasteiger partial charge on any atom is 0.223 e. The summed E-state index contributed by atoms with van der Waals surface area (Å²) in [6, 6.07) is 13.1. The third-order valence-corrected chi connectivity index (χ3v) is 6.52. The Labute approximate surface area is 190 Å². The number of hydrogen-bond acceptors (Lipinski definition) is 7. The number of piperazine rings is 1. The summed E-state index contributed by atoms with van der Waals surface area (Å²) < 4.78 is 21.0. The number of hydrogen-bond donors (Lipinski definition) is 1. The largest absolute Gasteiger partial charge is 0.588 e. The van der Waals surface area contributed by atoms with Crippen LogP contribution in [0.4, 0.5) is 11.5 Å². The Hall–Kier alpha value is -2.52. The van der Waals surface area contributed by atoms with E-state index < -0.39 is 11.4 Å². The number of nitrogens with zero attached hydrogens (tertiary/aromatic N) is 4. The summed E-state index contributed by atoms with van der Waals surface area (Å²) in [6.45, 7) is 4.67. The van der Waals surface area contributed by atoms with Gasteiger partial charge in [0.15, 0.2) is 5.75 Å². The smallest absolute Gasteiger partial charge is 0.223 e. The second-order valence-electron chi connectivity index (χ2n) is 7.19. The fraction of sp³-hybridized carbons (Fsp3) is 0.273. The van der Waals surface area contributed by atoms with E-state index in [-0.39, 0.29) is 0 Å². The quantitative estimate of drug-likeness (QED) is 0.543. The van der Waals surface area contributed by atoms with Crippen LogP contribution in [-0.4, -0.2) is 52.7 Å². The Kier molecular flexibility index (Phi) is 7.14. The van der Waals surface area contributed by atoms with E-state index in [1.807, 2.05) is 18.3 Å². The topological polar surface area (TPSA) is 76.6 Å². The normalized spacial score (nSPS) is 15.5. The highest BCUT2D eigenvalue weighted by atomic mass is 35.5. The second kappa shape index (κ2) is 10.2. The summed E-state index contributed by atoms with van der Waals surface area (Å²) >= 11 is 4.57. The Morgan fingerprint density at radius 3 is 2.55 bits per heavy atom. The summed E-state index contributed by atoms with van der Waals surface area (Å²) in [6.07, 6.45) is 5.23. The molecule has 0 spiro atoms.